The molecule has 1 N–H and O–H groups in total. The predicted molar refractivity (Wildman–Crippen MR) is 92.5 cm³/mol. The van der Waals surface area contributed by atoms with Crippen LogP contribution in [0.1, 0.15) is 48.7 Å². The monoisotopic (exact) mass is 343 g/mol. The van der Waals surface area contributed by atoms with E-state index in [0.29, 0.717) is 11.0 Å². The van der Waals surface area contributed by atoms with Gasteiger partial charge in [-0.25, -0.2) is 4.79 Å². The molecule has 1 fully saturated rings. The van der Waals surface area contributed by atoms with Gasteiger partial charge in [0.25, 0.3) is 5.91 Å². The van der Waals surface area contributed by atoms with E-state index < -0.39 is 12.1 Å². The highest BCUT2D eigenvalue weighted by Crippen LogP contribution is 2.18. The highest BCUT2D eigenvalue weighted by molar-refractivity contribution is 5.91. The van der Waals surface area contributed by atoms with Crippen LogP contribution in [0.25, 0.3) is 11.0 Å². The van der Waals surface area contributed by atoms with Crippen LogP contribution in [0.2, 0.25) is 0 Å². The molecule has 0 bridgehead atoms. The second-order valence-electron chi connectivity index (χ2n) is 6.51. The normalized spacial score (nSPS) is 15.9. The third-order valence-electron chi connectivity index (χ3n) is 4.44. The molecule has 6 heteroatoms. The van der Waals surface area contributed by atoms with Gasteiger partial charge in [0.05, 0.1) is 5.39 Å². The van der Waals surface area contributed by atoms with Crippen LogP contribution in [-0.2, 0) is 9.53 Å². The molecule has 132 valence electrons. The Kier molecular flexibility index (Phi) is 4.88. The van der Waals surface area contributed by atoms with Crippen LogP contribution in [-0.4, -0.2) is 24.0 Å². The number of carbonyl (C=O) groups is 2. The van der Waals surface area contributed by atoms with Crippen molar-refractivity contribution in [1.82, 2.24) is 5.32 Å². The minimum absolute atomic E-state index is 0.149. The molecule has 1 aliphatic carbocycles. The average Bonchev–Trinajstić information content (AvgIpc) is 3.08. The number of hydrogen-bond donors (Lipinski definition) is 1. The molecule has 0 aliphatic heterocycles. The van der Waals surface area contributed by atoms with Crippen molar-refractivity contribution in [2.24, 2.45) is 0 Å². The van der Waals surface area contributed by atoms with E-state index in [0.717, 1.165) is 37.3 Å². The lowest BCUT2D eigenvalue weighted by molar-refractivity contribution is -0.129. The molecule has 0 radical (unpaired) electrons. The number of amides is 1. The van der Waals surface area contributed by atoms with Crippen molar-refractivity contribution in [2.45, 2.75) is 51.7 Å². The first-order valence-corrected chi connectivity index (χ1v) is 8.50. The summed E-state index contributed by atoms with van der Waals surface area (Å²) in [6, 6.07) is 6.38. The number of benzene rings is 1. The van der Waals surface area contributed by atoms with Gasteiger partial charge in [-0.05, 0) is 38.8 Å². The number of esters is 1. The zero-order chi connectivity index (χ0) is 18.0. The highest BCUT2D eigenvalue weighted by atomic mass is 16.6. The van der Waals surface area contributed by atoms with Crippen LogP contribution in [0, 0.1) is 6.92 Å². The summed E-state index contributed by atoms with van der Waals surface area (Å²) in [5.74, 6) is -1.37. The summed E-state index contributed by atoms with van der Waals surface area (Å²) in [6.07, 6.45) is 3.14. The Labute approximate surface area is 145 Å². The standard InChI is InChI=1S/C19H21NO5/c1-11-7-8-16-14(9-11)15(21)10-17(25-16)19(23)24-12(2)18(22)20-13-5-3-4-6-13/h7-10,12-13H,3-6H2,1-2H3,(H,20,22)/t12-/m1/s1. The molecule has 6 nitrogen and oxygen atoms in total. The molecule has 1 atom stereocenters. The molecule has 0 saturated heterocycles. The van der Waals surface area contributed by atoms with Crippen molar-refractivity contribution in [1.29, 1.82) is 0 Å². The van der Waals surface area contributed by atoms with Crippen LogP contribution in [0.4, 0.5) is 0 Å². The van der Waals surface area contributed by atoms with Gasteiger partial charge in [-0.1, -0.05) is 24.5 Å². The van der Waals surface area contributed by atoms with Gasteiger partial charge < -0.3 is 14.5 Å². The van der Waals surface area contributed by atoms with Crippen molar-refractivity contribution in [3.8, 4) is 0 Å². The summed E-state index contributed by atoms with van der Waals surface area (Å²) in [4.78, 5) is 36.5. The molecule has 0 spiro atoms. The van der Waals surface area contributed by atoms with E-state index in [2.05, 4.69) is 5.32 Å². The van der Waals surface area contributed by atoms with E-state index in [4.69, 9.17) is 9.15 Å². The number of carbonyl (C=O) groups excluding carboxylic acids is 2. The molecule has 2 aromatic rings. The second kappa shape index (κ2) is 7.09. The van der Waals surface area contributed by atoms with Gasteiger partial charge >= 0.3 is 5.97 Å². The molecule has 1 heterocycles. The van der Waals surface area contributed by atoms with Crippen molar-refractivity contribution in [2.75, 3.05) is 0 Å². The number of nitrogens with one attached hydrogen (secondary N) is 1. The molecular formula is C19H21NO5. The second-order valence-corrected chi connectivity index (χ2v) is 6.51. The quantitative estimate of drug-likeness (QED) is 0.863. The molecule has 0 unspecified atom stereocenters. The predicted octanol–water partition coefficient (Wildman–Crippen LogP) is 2.71. The lowest BCUT2D eigenvalue weighted by Crippen LogP contribution is -2.40. The largest absolute Gasteiger partial charge is 0.449 e. The zero-order valence-corrected chi connectivity index (χ0v) is 14.3. The third kappa shape index (κ3) is 3.90. The molecule has 1 saturated carbocycles. The maximum Gasteiger partial charge on any atom is 0.375 e. The van der Waals surface area contributed by atoms with Gasteiger partial charge in [0, 0.05) is 12.1 Å². The first-order chi connectivity index (χ1) is 11.9. The molecule has 1 amide bonds. The Hall–Kier alpha value is -2.63. The Bertz CT molecular complexity index is 864. The van der Waals surface area contributed by atoms with Gasteiger partial charge in [0.2, 0.25) is 5.76 Å². The van der Waals surface area contributed by atoms with Crippen LogP contribution in [0.3, 0.4) is 0 Å². The van der Waals surface area contributed by atoms with E-state index in [1.807, 2.05) is 6.92 Å². The van der Waals surface area contributed by atoms with Crippen LogP contribution >= 0.6 is 0 Å². The lowest BCUT2D eigenvalue weighted by Gasteiger charge is -2.16. The first-order valence-electron chi connectivity index (χ1n) is 8.50. The summed E-state index contributed by atoms with van der Waals surface area (Å²) in [6.45, 7) is 3.37. The molecule has 3 rings (SSSR count). The lowest BCUT2D eigenvalue weighted by atomic mass is 10.1. The first kappa shape index (κ1) is 17.2. The fourth-order valence-electron chi connectivity index (χ4n) is 3.03. The smallest absolute Gasteiger partial charge is 0.375 e. The molecular weight excluding hydrogens is 322 g/mol. The number of aryl methyl sites for hydroxylation is 1. The van der Waals surface area contributed by atoms with Gasteiger partial charge in [-0.2, -0.15) is 0 Å². The van der Waals surface area contributed by atoms with E-state index in [1.165, 1.54) is 6.92 Å². The summed E-state index contributed by atoms with van der Waals surface area (Å²) < 4.78 is 10.6. The number of rotatable bonds is 4. The maximum absolute atomic E-state index is 12.2. The summed E-state index contributed by atoms with van der Waals surface area (Å²) >= 11 is 0. The number of ether oxygens (including phenoxy) is 1. The average molecular weight is 343 g/mol. The van der Waals surface area contributed by atoms with Gasteiger partial charge in [0.1, 0.15) is 5.58 Å². The van der Waals surface area contributed by atoms with E-state index in [1.54, 1.807) is 18.2 Å². The Morgan fingerprint density at radius 2 is 1.96 bits per heavy atom. The van der Waals surface area contributed by atoms with Crippen LogP contribution < -0.4 is 10.7 Å². The molecule has 1 aliphatic rings. The number of hydrogen-bond acceptors (Lipinski definition) is 5. The van der Waals surface area contributed by atoms with E-state index in [-0.39, 0.29) is 23.1 Å². The van der Waals surface area contributed by atoms with Crippen LogP contribution in [0.5, 0.6) is 0 Å². The SMILES string of the molecule is Cc1ccc2oc(C(=O)O[C@H](C)C(=O)NC3CCCC3)cc(=O)c2c1. The third-order valence-corrected chi connectivity index (χ3v) is 4.44. The molecule has 25 heavy (non-hydrogen) atoms. The summed E-state index contributed by atoms with van der Waals surface area (Å²) in [5, 5.41) is 3.28. The van der Waals surface area contributed by atoms with Gasteiger partial charge in [-0.3, -0.25) is 9.59 Å². The topological polar surface area (TPSA) is 85.6 Å². The highest BCUT2D eigenvalue weighted by Gasteiger charge is 2.24. The van der Waals surface area contributed by atoms with Crippen molar-refractivity contribution >= 4 is 22.8 Å². The minimum Gasteiger partial charge on any atom is -0.449 e. The maximum atomic E-state index is 12.2. The van der Waals surface area contributed by atoms with Gasteiger partial charge in [-0.15, -0.1) is 0 Å². The Balaban J connectivity index is 1.72. The van der Waals surface area contributed by atoms with E-state index >= 15 is 0 Å². The number of fused-ring (bicyclic) bond motifs is 1. The minimum atomic E-state index is -0.952. The summed E-state index contributed by atoms with van der Waals surface area (Å²) in [7, 11) is 0. The Morgan fingerprint density at radius 3 is 2.68 bits per heavy atom. The van der Waals surface area contributed by atoms with Gasteiger partial charge in [0.15, 0.2) is 11.5 Å². The molecule has 1 aromatic heterocycles. The summed E-state index contributed by atoms with van der Waals surface area (Å²) in [5.41, 5.74) is 0.917. The molecule has 1 aromatic carbocycles. The van der Waals surface area contributed by atoms with E-state index in [9.17, 15) is 14.4 Å². The van der Waals surface area contributed by atoms with Crippen LogP contribution in [0.15, 0.2) is 33.5 Å². The Morgan fingerprint density at radius 1 is 1.24 bits per heavy atom. The zero-order valence-electron chi connectivity index (χ0n) is 14.3. The van der Waals surface area contributed by atoms with Crippen molar-refractivity contribution < 1.29 is 18.7 Å². The fourth-order valence-corrected chi connectivity index (χ4v) is 3.03. The fraction of sp³-hybridized carbons (Fsp3) is 0.421. The van der Waals surface area contributed by atoms with Crippen molar-refractivity contribution in [3.63, 3.8) is 0 Å². The van der Waals surface area contributed by atoms with Crippen molar-refractivity contribution in [3.05, 3.63) is 45.8 Å².